The Labute approximate surface area is 95.3 Å². The zero-order valence-electron chi connectivity index (χ0n) is 10.3. The second-order valence-electron chi connectivity index (χ2n) is 4.07. The number of hydrogen-bond donors (Lipinski definition) is 2. The van der Waals surface area contributed by atoms with E-state index in [-0.39, 0.29) is 0 Å². The predicted molar refractivity (Wildman–Crippen MR) is 68.8 cm³/mol. The zero-order chi connectivity index (χ0) is 11.2. The van der Waals surface area contributed by atoms with Gasteiger partial charge in [0.15, 0.2) is 0 Å². The summed E-state index contributed by atoms with van der Waals surface area (Å²) in [5.41, 5.74) is 5.32. The molecule has 0 aliphatic rings. The van der Waals surface area contributed by atoms with Crippen molar-refractivity contribution in [2.24, 2.45) is 5.73 Å². The average Bonchev–Trinajstić information content (AvgIpc) is 2.26. The van der Waals surface area contributed by atoms with Crippen molar-refractivity contribution in [3.8, 4) is 0 Å². The molecule has 0 saturated heterocycles. The maximum absolute atomic E-state index is 5.32. The molecule has 0 atom stereocenters. The molecular weight excluding hydrogens is 184 g/mol. The third-order valence-electron chi connectivity index (χ3n) is 2.55. The summed E-state index contributed by atoms with van der Waals surface area (Å²) in [5, 5.41) is 3.24. The van der Waals surface area contributed by atoms with Gasteiger partial charge in [0.1, 0.15) is 0 Å². The SMILES string of the molecule is CCCCCCCCCCNC=CCN. The van der Waals surface area contributed by atoms with Crippen molar-refractivity contribution in [2.45, 2.75) is 58.3 Å². The summed E-state index contributed by atoms with van der Waals surface area (Å²) in [6.07, 6.45) is 15.0. The minimum atomic E-state index is 0.629. The van der Waals surface area contributed by atoms with E-state index in [1.165, 1.54) is 51.4 Å². The standard InChI is InChI=1S/C13H28N2/c1-2-3-4-5-6-7-8-9-12-15-13-10-11-14/h10,13,15H,2-9,11-12,14H2,1H3. The van der Waals surface area contributed by atoms with Crippen molar-refractivity contribution in [1.82, 2.24) is 5.32 Å². The van der Waals surface area contributed by atoms with Crippen molar-refractivity contribution in [2.75, 3.05) is 13.1 Å². The Bertz CT molecular complexity index is 132. The molecule has 0 aromatic rings. The van der Waals surface area contributed by atoms with Crippen molar-refractivity contribution >= 4 is 0 Å². The van der Waals surface area contributed by atoms with Gasteiger partial charge in [-0.2, -0.15) is 0 Å². The molecule has 0 fully saturated rings. The Morgan fingerprint density at radius 1 is 0.933 bits per heavy atom. The highest BCUT2D eigenvalue weighted by Gasteiger charge is 1.90. The first-order valence-electron chi connectivity index (χ1n) is 6.50. The Balaban J connectivity index is 2.89. The minimum Gasteiger partial charge on any atom is -0.391 e. The molecule has 0 saturated carbocycles. The molecule has 0 aromatic carbocycles. The topological polar surface area (TPSA) is 38.0 Å². The average molecular weight is 212 g/mol. The summed E-state index contributed by atoms with van der Waals surface area (Å²) >= 11 is 0. The van der Waals surface area contributed by atoms with Gasteiger partial charge in [0.05, 0.1) is 0 Å². The van der Waals surface area contributed by atoms with E-state index < -0.39 is 0 Å². The van der Waals surface area contributed by atoms with Crippen LogP contribution in [0.2, 0.25) is 0 Å². The van der Waals surface area contributed by atoms with E-state index in [1.54, 1.807) is 0 Å². The van der Waals surface area contributed by atoms with E-state index in [0.29, 0.717) is 6.54 Å². The van der Waals surface area contributed by atoms with Gasteiger partial charge in [0.2, 0.25) is 0 Å². The smallest absolute Gasteiger partial charge is 0.0141 e. The molecular formula is C13H28N2. The van der Waals surface area contributed by atoms with Crippen LogP contribution in [0, 0.1) is 0 Å². The second kappa shape index (κ2) is 13.5. The fraction of sp³-hybridized carbons (Fsp3) is 0.846. The third-order valence-corrected chi connectivity index (χ3v) is 2.55. The van der Waals surface area contributed by atoms with Gasteiger partial charge in [-0.3, -0.25) is 0 Å². The molecule has 2 heteroatoms. The molecule has 15 heavy (non-hydrogen) atoms. The lowest BCUT2D eigenvalue weighted by atomic mass is 10.1. The minimum absolute atomic E-state index is 0.629. The van der Waals surface area contributed by atoms with Crippen LogP contribution in [0.1, 0.15) is 58.3 Å². The van der Waals surface area contributed by atoms with Gasteiger partial charge in [0.25, 0.3) is 0 Å². The number of rotatable bonds is 11. The normalized spacial score (nSPS) is 11.1. The highest BCUT2D eigenvalue weighted by Crippen LogP contribution is 2.07. The van der Waals surface area contributed by atoms with E-state index in [9.17, 15) is 0 Å². The van der Waals surface area contributed by atoms with Crippen LogP contribution in [0.15, 0.2) is 12.3 Å². The predicted octanol–water partition coefficient (Wildman–Crippen LogP) is 3.19. The maximum Gasteiger partial charge on any atom is 0.0141 e. The van der Waals surface area contributed by atoms with Gasteiger partial charge in [0, 0.05) is 13.1 Å². The molecule has 90 valence electrons. The van der Waals surface area contributed by atoms with Crippen LogP contribution in [0.25, 0.3) is 0 Å². The van der Waals surface area contributed by atoms with Gasteiger partial charge < -0.3 is 11.1 Å². The molecule has 0 unspecified atom stereocenters. The first kappa shape index (κ1) is 14.5. The summed E-state index contributed by atoms with van der Waals surface area (Å²) in [6, 6.07) is 0. The molecule has 0 bridgehead atoms. The first-order chi connectivity index (χ1) is 7.41. The van der Waals surface area contributed by atoms with Gasteiger partial charge in [-0.1, -0.05) is 57.9 Å². The van der Waals surface area contributed by atoms with Crippen LogP contribution in [-0.4, -0.2) is 13.1 Å². The second-order valence-corrected chi connectivity index (χ2v) is 4.07. The van der Waals surface area contributed by atoms with Gasteiger partial charge >= 0.3 is 0 Å². The van der Waals surface area contributed by atoms with Crippen LogP contribution < -0.4 is 11.1 Å². The molecule has 0 rings (SSSR count). The summed E-state index contributed by atoms with van der Waals surface area (Å²) in [5.74, 6) is 0. The van der Waals surface area contributed by atoms with Crippen LogP contribution in [0.5, 0.6) is 0 Å². The van der Waals surface area contributed by atoms with Gasteiger partial charge in [-0.15, -0.1) is 0 Å². The number of nitrogens with two attached hydrogens (primary N) is 1. The summed E-state index contributed by atoms with van der Waals surface area (Å²) in [7, 11) is 0. The molecule has 3 N–H and O–H groups in total. The lowest BCUT2D eigenvalue weighted by Crippen LogP contribution is -2.07. The maximum atomic E-state index is 5.32. The van der Waals surface area contributed by atoms with Crippen molar-refractivity contribution in [3.63, 3.8) is 0 Å². The fourth-order valence-corrected chi connectivity index (χ4v) is 1.60. The molecule has 0 radical (unpaired) electrons. The molecule has 2 nitrogen and oxygen atoms in total. The molecule has 0 aromatic heterocycles. The monoisotopic (exact) mass is 212 g/mol. The van der Waals surface area contributed by atoms with Crippen LogP contribution in [0.3, 0.4) is 0 Å². The number of unbranched alkanes of at least 4 members (excludes halogenated alkanes) is 7. The number of nitrogens with one attached hydrogen (secondary N) is 1. The van der Waals surface area contributed by atoms with Gasteiger partial charge in [-0.25, -0.2) is 0 Å². The molecule has 0 amide bonds. The summed E-state index contributed by atoms with van der Waals surface area (Å²) in [4.78, 5) is 0. The van der Waals surface area contributed by atoms with Gasteiger partial charge in [-0.05, 0) is 12.6 Å². The molecule has 0 spiro atoms. The molecule has 0 aliphatic heterocycles. The molecule has 0 heterocycles. The first-order valence-corrected chi connectivity index (χ1v) is 6.50. The van der Waals surface area contributed by atoms with E-state index in [4.69, 9.17) is 5.73 Å². The third kappa shape index (κ3) is 13.5. The largest absolute Gasteiger partial charge is 0.391 e. The Morgan fingerprint density at radius 3 is 2.13 bits per heavy atom. The van der Waals surface area contributed by atoms with Crippen LogP contribution in [-0.2, 0) is 0 Å². The van der Waals surface area contributed by atoms with E-state index in [1.807, 2.05) is 12.3 Å². The van der Waals surface area contributed by atoms with E-state index in [2.05, 4.69) is 12.2 Å². The van der Waals surface area contributed by atoms with E-state index >= 15 is 0 Å². The Kier molecular flexibility index (Phi) is 13.1. The lowest BCUT2D eigenvalue weighted by Gasteiger charge is -2.01. The van der Waals surface area contributed by atoms with E-state index in [0.717, 1.165) is 6.54 Å². The summed E-state index contributed by atoms with van der Waals surface area (Å²) < 4.78 is 0. The highest BCUT2D eigenvalue weighted by atomic mass is 14.8. The van der Waals surface area contributed by atoms with Crippen molar-refractivity contribution < 1.29 is 0 Å². The highest BCUT2D eigenvalue weighted by molar-refractivity contribution is 4.79. The van der Waals surface area contributed by atoms with Crippen molar-refractivity contribution in [1.29, 1.82) is 0 Å². The summed E-state index contributed by atoms with van der Waals surface area (Å²) in [6.45, 7) is 3.98. The Hall–Kier alpha value is -0.500. The number of hydrogen-bond acceptors (Lipinski definition) is 2. The zero-order valence-corrected chi connectivity index (χ0v) is 10.3. The lowest BCUT2D eigenvalue weighted by molar-refractivity contribution is 0.570. The van der Waals surface area contributed by atoms with Crippen LogP contribution >= 0.6 is 0 Å². The Morgan fingerprint density at radius 2 is 1.53 bits per heavy atom. The molecule has 0 aliphatic carbocycles. The quantitative estimate of drug-likeness (QED) is 0.516. The van der Waals surface area contributed by atoms with Crippen LogP contribution in [0.4, 0.5) is 0 Å². The van der Waals surface area contributed by atoms with Crippen molar-refractivity contribution in [3.05, 3.63) is 12.3 Å². The fourth-order valence-electron chi connectivity index (χ4n) is 1.60.